The van der Waals surface area contributed by atoms with Crippen LogP contribution in [0.4, 0.5) is 0 Å². The van der Waals surface area contributed by atoms with Crippen molar-refractivity contribution in [3.8, 4) is 11.5 Å². The monoisotopic (exact) mass is 408 g/mol. The van der Waals surface area contributed by atoms with Gasteiger partial charge in [-0.15, -0.1) is 11.3 Å². The average molecular weight is 409 g/mol. The van der Waals surface area contributed by atoms with Crippen LogP contribution in [-0.4, -0.2) is 35.5 Å². The zero-order chi connectivity index (χ0) is 20.4. The molecule has 0 fully saturated rings. The van der Waals surface area contributed by atoms with Gasteiger partial charge in [-0.3, -0.25) is 4.79 Å². The molecule has 0 unspecified atom stereocenters. The Hall–Kier alpha value is -2.86. The van der Waals surface area contributed by atoms with Crippen molar-refractivity contribution in [3.05, 3.63) is 58.6 Å². The third kappa shape index (κ3) is 4.27. The van der Waals surface area contributed by atoms with Crippen LogP contribution in [0.25, 0.3) is 16.3 Å². The van der Waals surface area contributed by atoms with Crippen LogP contribution in [0.15, 0.2) is 42.5 Å². The van der Waals surface area contributed by atoms with Crippen LogP contribution in [-0.2, 0) is 17.8 Å². The number of hydrogen-bond donors (Lipinski definition) is 0. The Morgan fingerprint density at radius 2 is 2.21 bits per heavy atom. The summed E-state index contributed by atoms with van der Waals surface area (Å²) in [5.41, 5.74) is 2.97. The van der Waals surface area contributed by atoms with E-state index in [4.69, 9.17) is 9.47 Å². The molecule has 2 heterocycles. The molecule has 3 aromatic rings. The molecule has 0 aliphatic carbocycles. The Balaban J connectivity index is 1.49. The Bertz CT molecular complexity index is 1040. The normalized spacial score (nSPS) is 15.5. The standard InChI is InChI=1S/C23H24N2O3S/c1-4-27-19-13-17-11-15(2)28-20(17)12-16(19)9-10-23(26)25(3)14-22-24-18-7-5-6-8-21(18)29-22/h5-10,12-13,15H,4,11,14H2,1-3H3/b10-9+/t15-/m0/s1. The van der Waals surface area contributed by atoms with Gasteiger partial charge in [-0.05, 0) is 44.2 Å². The summed E-state index contributed by atoms with van der Waals surface area (Å²) in [7, 11) is 1.79. The van der Waals surface area contributed by atoms with Gasteiger partial charge in [0.05, 0.1) is 23.4 Å². The third-order valence-corrected chi connectivity index (χ3v) is 5.84. The summed E-state index contributed by atoms with van der Waals surface area (Å²) in [6, 6.07) is 12.0. The first-order valence-corrected chi connectivity index (χ1v) is 10.6. The molecule has 0 spiro atoms. The minimum Gasteiger partial charge on any atom is -0.493 e. The summed E-state index contributed by atoms with van der Waals surface area (Å²) in [5, 5.41) is 0.922. The van der Waals surface area contributed by atoms with Crippen molar-refractivity contribution >= 4 is 33.5 Å². The van der Waals surface area contributed by atoms with Crippen LogP contribution in [0.1, 0.15) is 30.0 Å². The van der Waals surface area contributed by atoms with Crippen LogP contribution < -0.4 is 9.47 Å². The van der Waals surface area contributed by atoms with E-state index < -0.39 is 0 Å². The molecule has 150 valence electrons. The second kappa shape index (κ2) is 8.25. The molecule has 4 rings (SSSR count). The number of hydrogen-bond acceptors (Lipinski definition) is 5. The van der Waals surface area contributed by atoms with E-state index in [1.165, 1.54) is 0 Å². The number of benzene rings is 2. The minimum absolute atomic E-state index is 0.0820. The fourth-order valence-electron chi connectivity index (χ4n) is 3.42. The Labute approximate surface area is 174 Å². The first-order chi connectivity index (χ1) is 14.0. The molecule has 0 bridgehead atoms. The van der Waals surface area contributed by atoms with Gasteiger partial charge < -0.3 is 14.4 Å². The van der Waals surface area contributed by atoms with Gasteiger partial charge in [-0.1, -0.05) is 12.1 Å². The van der Waals surface area contributed by atoms with Gasteiger partial charge in [-0.2, -0.15) is 0 Å². The van der Waals surface area contributed by atoms with E-state index in [9.17, 15) is 4.79 Å². The molecule has 1 amide bonds. The predicted octanol–water partition coefficient (Wildman–Crippen LogP) is 4.69. The number of aromatic nitrogens is 1. The van der Waals surface area contributed by atoms with Crippen molar-refractivity contribution in [1.82, 2.24) is 9.88 Å². The highest BCUT2D eigenvalue weighted by molar-refractivity contribution is 7.18. The summed E-state index contributed by atoms with van der Waals surface area (Å²) >= 11 is 1.61. The van der Waals surface area contributed by atoms with Gasteiger partial charge in [0.25, 0.3) is 0 Å². The maximum Gasteiger partial charge on any atom is 0.246 e. The second-order valence-electron chi connectivity index (χ2n) is 7.17. The smallest absolute Gasteiger partial charge is 0.246 e. The average Bonchev–Trinajstić information content (AvgIpc) is 3.27. The number of para-hydroxylation sites is 1. The van der Waals surface area contributed by atoms with Gasteiger partial charge >= 0.3 is 0 Å². The highest BCUT2D eigenvalue weighted by Gasteiger charge is 2.21. The van der Waals surface area contributed by atoms with E-state index in [0.29, 0.717) is 13.2 Å². The largest absolute Gasteiger partial charge is 0.493 e. The Morgan fingerprint density at radius 1 is 1.38 bits per heavy atom. The molecule has 2 aromatic carbocycles. The highest BCUT2D eigenvalue weighted by atomic mass is 32.1. The number of likely N-dealkylation sites (N-methyl/N-ethyl adjacent to an activating group) is 1. The maximum atomic E-state index is 12.6. The molecule has 5 nitrogen and oxygen atoms in total. The second-order valence-corrected chi connectivity index (χ2v) is 8.28. The van der Waals surface area contributed by atoms with Crippen LogP contribution in [0.5, 0.6) is 11.5 Å². The van der Waals surface area contributed by atoms with Crippen LogP contribution in [0.3, 0.4) is 0 Å². The molecule has 1 aliphatic heterocycles. The molecule has 1 aromatic heterocycles. The number of carbonyl (C=O) groups excluding carboxylic acids is 1. The van der Waals surface area contributed by atoms with E-state index in [-0.39, 0.29) is 12.0 Å². The van der Waals surface area contributed by atoms with E-state index in [1.807, 2.05) is 43.3 Å². The summed E-state index contributed by atoms with van der Waals surface area (Å²) in [5.74, 6) is 1.57. The number of thiazole rings is 1. The number of amides is 1. The lowest BCUT2D eigenvalue weighted by Gasteiger charge is -2.13. The quantitative estimate of drug-likeness (QED) is 0.555. The van der Waals surface area contributed by atoms with Gasteiger partial charge in [0, 0.05) is 30.7 Å². The number of nitrogens with zero attached hydrogens (tertiary/aromatic N) is 2. The topological polar surface area (TPSA) is 51.7 Å². The molecule has 1 aliphatic rings. The first kappa shape index (κ1) is 19.5. The van der Waals surface area contributed by atoms with E-state index in [0.717, 1.165) is 44.3 Å². The van der Waals surface area contributed by atoms with Crippen molar-refractivity contribution in [2.24, 2.45) is 0 Å². The molecule has 1 atom stereocenters. The lowest BCUT2D eigenvalue weighted by atomic mass is 10.1. The molecule has 0 saturated carbocycles. The minimum atomic E-state index is -0.0820. The summed E-state index contributed by atoms with van der Waals surface area (Å²) in [6.45, 7) is 5.06. The molecule has 6 heteroatoms. The zero-order valence-corrected chi connectivity index (χ0v) is 17.7. The fourth-order valence-corrected chi connectivity index (χ4v) is 4.44. The zero-order valence-electron chi connectivity index (χ0n) is 16.8. The maximum absolute atomic E-state index is 12.6. The fraction of sp³-hybridized carbons (Fsp3) is 0.304. The lowest BCUT2D eigenvalue weighted by Crippen LogP contribution is -2.23. The van der Waals surface area contributed by atoms with E-state index in [2.05, 4.69) is 11.9 Å². The van der Waals surface area contributed by atoms with Crippen molar-refractivity contribution in [1.29, 1.82) is 0 Å². The van der Waals surface area contributed by atoms with Crippen LogP contribution in [0.2, 0.25) is 0 Å². The SMILES string of the molecule is CCOc1cc2c(cc1/C=C/C(=O)N(C)Cc1nc3ccccc3s1)O[C@@H](C)C2. The van der Waals surface area contributed by atoms with Gasteiger partial charge in [0.15, 0.2) is 0 Å². The molecule has 0 saturated heterocycles. The molecular formula is C23H24N2O3S. The molecule has 0 N–H and O–H groups in total. The number of carbonyl (C=O) groups is 1. The number of fused-ring (bicyclic) bond motifs is 2. The predicted molar refractivity (Wildman–Crippen MR) is 117 cm³/mol. The van der Waals surface area contributed by atoms with Crippen molar-refractivity contribution in [2.45, 2.75) is 32.9 Å². The highest BCUT2D eigenvalue weighted by Crippen LogP contribution is 2.35. The van der Waals surface area contributed by atoms with Crippen molar-refractivity contribution < 1.29 is 14.3 Å². The summed E-state index contributed by atoms with van der Waals surface area (Å²) < 4.78 is 12.8. The number of rotatable bonds is 6. The van der Waals surface area contributed by atoms with Gasteiger partial charge in [0.2, 0.25) is 5.91 Å². The Kier molecular flexibility index (Phi) is 5.53. The van der Waals surface area contributed by atoms with Crippen molar-refractivity contribution in [2.75, 3.05) is 13.7 Å². The molecule has 0 radical (unpaired) electrons. The van der Waals surface area contributed by atoms with Gasteiger partial charge in [-0.25, -0.2) is 4.98 Å². The van der Waals surface area contributed by atoms with Crippen molar-refractivity contribution in [3.63, 3.8) is 0 Å². The Morgan fingerprint density at radius 3 is 3.00 bits per heavy atom. The van der Waals surface area contributed by atoms with Crippen LogP contribution in [0, 0.1) is 0 Å². The van der Waals surface area contributed by atoms with E-state index in [1.54, 1.807) is 35.4 Å². The summed E-state index contributed by atoms with van der Waals surface area (Å²) in [6.07, 6.45) is 4.42. The van der Waals surface area contributed by atoms with Crippen LogP contribution >= 0.6 is 11.3 Å². The molecular weight excluding hydrogens is 384 g/mol. The lowest BCUT2D eigenvalue weighted by molar-refractivity contribution is -0.125. The summed E-state index contributed by atoms with van der Waals surface area (Å²) in [4.78, 5) is 18.9. The van der Waals surface area contributed by atoms with E-state index >= 15 is 0 Å². The van der Waals surface area contributed by atoms with Gasteiger partial charge in [0.1, 0.15) is 22.6 Å². The first-order valence-electron chi connectivity index (χ1n) is 9.77. The number of ether oxygens (including phenoxy) is 2. The third-order valence-electron chi connectivity index (χ3n) is 4.82. The molecule has 29 heavy (non-hydrogen) atoms.